The minimum atomic E-state index is -1.00. The summed E-state index contributed by atoms with van der Waals surface area (Å²) in [7, 11) is 0. The van der Waals surface area contributed by atoms with Gasteiger partial charge >= 0.3 is 0 Å². The van der Waals surface area contributed by atoms with E-state index in [4.69, 9.17) is 9.84 Å². The Hall–Kier alpha value is -0.420. The maximum Gasteiger partial charge on any atom is 0.111 e. The first-order chi connectivity index (χ1) is 8.62. The van der Waals surface area contributed by atoms with Crippen LogP contribution in [-0.4, -0.2) is 46.3 Å². The van der Waals surface area contributed by atoms with Crippen molar-refractivity contribution >= 4 is 0 Å². The van der Waals surface area contributed by atoms with Crippen molar-refractivity contribution in [2.75, 3.05) is 6.61 Å². The highest BCUT2D eigenvalue weighted by atomic mass is 16.6. The van der Waals surface area contributed by atoms with Crippen LogP contribution in [0.2, 0.25) is 0 Å². The molecule has 4 atom stereocenters. The molecule has 1 aliphatic heterocycles. The molecule has 0 aromatic carbocycles. The largest absolute Gasteiger partial charge is 0.394 e. The van der Waals surface area contributed by atoms with Crippen LogP contribution in [-0.2, 0) is 4.74 Å². The molecule has 4 heteroatoms. The van der Waals surface area contributed by atoms with Crippen molar-refractivity contribution in [1.29, 1.82) is 0 Å². The van der Waals surface area contributed by atoms with Gasteiger partial charge in [0.2, 0.25) is 0 Å². The van der Waals surface area contributed by atoms with Crippen molar-refractivity contribution in [1.82, 2.24) is 0 Å². The maximum atomic E-state index is 9.97. The fourth-order valence-electron chi connectivity index (χ4n) is 3.07. The molecule has 0 aromatic rings. The number of hydrogen-bond acceptors (Lipinski definition) is 4. The van der Waals surface area contributed by atoms with Crippen LogP contribution in [0.25, 0.3) is 0 Å². The fraction of sp³-hybridized carbons (Fsp3) is 0.867. The van der Waals surface area contributed by atoms with E-state index in [1.807, 2.05) is 6.08 Å². The third kappa shape index (κ3) is 4.28. The summed E-state index contributed by atoms with van der Waals surface area (Å²) in [5.41, 5.74) is -0.0323. The molecule has 1 rings (SSSR count). The van der Waals surface area contributed by atoms with Gasteiger partial charge < -0.3 is 20.1 Å². The van der Waals surface area contributed by atoms with Gasteiger partial charge in [0.15, 0.2) is 0 Å². The predicted octanol–water partition coefficient (Wildman–Crippen LogP) is 1.49. The molecule has 0 amide bonds. The Balaban J connectivity index is 2.66. The van der Waals surface area contributed by atoms with Crippen molar-refractivity contribution in [3.05, 3.63) is 12.7 Å². The van der Waals surface area contributed by atoms with Gasteiger partial charge in [0.25, 0.3) is 0 Å². The van der Waals surface area contributed by atoms with Gasteiger partial charge in [-0.15, -0.1) is 6.58 Å². The minimum Gasteiger partial charge on any atom is -0.394 e. The molecule has 4 unspecified atom stereocenters. The Bertz CT molecular complexity index is 311. The molecule has 0 aromatic heterocycles. The lowest BCUT2D eigenvalue weighted by Crippen LogP contribution is -2.36. The molecule has 1 saturated heterocycles. The van der Waals surface area contributed by atoms with Crippen molar-refractivity contribution in [3.63, 3.8) is 0 Å². The molecule has 0 spiro atoms. The van der Waals surface area contributed by atoms with E-state index in [1.54, 1.807) is 0 Å². The van der Waals surface area contributed by atoms with Crippen LogP contribution in [0.1, 0.15) is 40.5 Å². The van der Waals surface area contributed by atoms with E-state index in [-0.39, 0.29) is 17.4 Å². The van der Waals surface area contributed by atoms with Gasteiger partial charge in [0.1, 0.15) is 18.3 Å². The van der Waals surface area contributed by atoms with Crippen LogP contribution >= 0.6 is 0 Å². The number of ether oxygens (including phenoxy) is 1. The Morgan fingerprint density at radius 3 is 2.05 bits per heavy atom. The second-order valence-electron chi connectivity index (χ2n) is 7.11. The van der Waals surface area contributed by atoms with Crippen LogP contribution in [0.15, 0.2) is 12.7 Å². The first kappa shape index (κ1) is 16.6. The summed E-state index contributed by atoms with van der Waals surface area (Å²) in [4.78, 5) is 0. The average molecular weight is 272 g/mol. The fourth-order valence-corrected chi connectivity index (χ4v) is 3.07. The lowest BCUT2D eigenvalue weighted by Gasteiger charge is -2.35. The first-order valence-electron chi connectivity index (χ1n) is 6.88. The smallest absolute Gasteiger partial charge is 0.111 e. The SMILES string of the molecule is C=CC(C)(C)CC(C)(C)CC1OC(CO)C(O)C1O. The summed E-state index contributed by atoms with van der Waals surface area (Å²) >= 11 is 0. The third-order valence-electron chi connectivity index (χ3n) is 3.88. The molecule has 112 valence electrons. The van der Waals surface area contributed by atoms with Gasteiger partial charge in [-0.25, -0.2) is 0 Å². The monoisotopic (exact) mass is 272 g/mol. The molecule has 1 fully saturated rings. The van der Waals surface area contributed by atoms with Crippen LogP contribution in [0.4, 0.5) is 0 Å². The van der Waals surface area contributed by atoms with Gasteiger partial charge in [0.05, 0.1) is 12.7 Å². The molecule has 1 heterocycles. The van der Waals surface area contributed by atoms with E-state index < -0.39 is 24.4 Å². The minimum absolute atomic E-state index is 0.0159. The summed E-state index contributed by atoms with van der Waals surface area (Å²) in [5, 5.41) is 28.8. The van der Waals surface area contributed by atoms with Crippen molar-refractivity contribution < 1.29 is 20.1 Å². The van der Waals surface area contributed by atoms with Crippen LogP contribution in [0, 0.1) is 10.8 Å². The standard InChI is InChI=1S/C15H28O4/c1-6-14(2,3)9-15(4,5)7-10-12(17)13(18)11(8-16)19-10/h6,10-13,16-18H,1,7-9H2,2-5H3. The number of rotatable bonds is 6. The van der Waals surface area contributed by atoms with E-state index in [0.717, 1.165) is 6.42 Å². The highest BCUT2D eigenvalue weighted by Gasteiger charge is 2.44. The van der Waals surface area contributed by atoms with Gasteiger partial charge in [-0.2, -0.15) is 0 Å². The van der Waals surface area contributed by atoms with Gasteiger partial charge in [-0.05, 0) is 23.7 Å². The number of aliphatic hydroxyl groups is 3. The highest BCUT2D eigenvalue weighted by molar-refractivity contribution is 4.96. The molecule has 0 saturated carbocycles. The zero-order chi connectivity index (χ0) is 14.8. The van der Waals surface area contributed by atoms with Crippen LogP contribution in [0.3, 0.4) is 0 Å². The number of hydrogen-bond donors (Lipinski definition) is 3. The molecular formula is C15H28O4. The van der Waals surface area contributed by atoms with Crippen LogP contribution < -0.4 is 0 Å². The van der Waals surface area contributed by atoms with E-state index in [1.165, 1.54) is 0 Å². The molecule has 0 bridgehead atoms. The molecule has 19 heavy (non-hydrogen) atoms. The molecular weight excluding hydrogens is 244 g/mol. The van der Waals surface area contributed by atoms with E-state index >= 15 is 0 Å². The highest BCUT2D eigenvalue weighted by Crippen LogP contribution is 2.40. The second kappa shape index (κ2) is 5.92. The van der Waals surface area contributed by atoms with Gasteiger partial charge in [-0.1, -0.05) is 33.8 Å². The number of allylic oxidation sites excluding steroid dienone is 1. The molecule has 4 nitrogen and oxygen atoms in total. The second-order valence-corrected chi connectivity index (χ2v) is 7.11. The summed E-state index contributed by atoms with van der Waals surface area (Å²) in [6.07, 6.45) is 0.452. The van der Waals surface area contributed by atoms with E-state index in [0.29, 0.717) is 6.42 Å². The van der Waals surface area contributed by atoms with Crippen LogP contribution in [0.5, 0.6) is 0 Å². The summed E-state index contributed by atoms with van der Waals surface area (Å²) in [5.74, 6) is 0. The zero-order valence-electron chi connectivity index (χ0n) is 12.5. The van der Waals surface area contributed by atoms with E-state index in [9.17, 15) is 10.2 Å². The molecule has 0 aliphatic carbocycles. The Morgan fingerprint density at radius 2 is 1.63 bits per heavy atom. The van der Waals surface area contributed by atoms with Crippen molar-refractivity contribution in [3.8, 4) is 0 Å². The average Bonchev–Trinajstić information content (AvgIpc) is 2.55. The van der Waals surface area contributed by atoms with E-state index in [2.05, 4.69) is 34.3 Å². The lowest BCUT2D eigenvalue weighted by molar-refractivity contribution is -0.0380. The lowest BCUT2D eigenvalue weighted by atomic mass is 9.72. The molecule has 1 aliphatic rings. The van der Waals surface area contributed by atoms with Crippen molar-refractivity contribution in [2.45, 2.75) is 65.0 Å². The Labute approximate surface area is 116 Å². The van der Waals surface area contributed by atoms with Gasteiger partial charge in [-0.3, -0.25) is 0 Å². The maximum absolute atomic E-state index is 9.97. The number of aliphatic hydroxyl groups excluding tert-OH is 3. The van der Waals surface area contributed by atoms with Crippen molar-refractivity contribution in [2.24, 2.45) is 10.8 Å². The molecule has 3 N–H and O–H groups in total. The Kier molecular flexibility index (Phi) is 5.18. The zero-order valence-corrected chi connectivity index (χ0v) is 12.5. The normalized spacial score (nSPS) is 32.6. The Morgan fingerprint density at radius 1 is 1.11 bits per heavy atom. The topological polar surface area (TPSA) is 69.9 Å². The van der Waals surface area contributed by atoms with Gasteiger partial charge in [0, 0.05) is 0 Å². The quantitative estimate of drug-likeness (QED) is 0.641. The first-order valence-corrected chi connectivity index (χ1v) is 6.88. The molecule has 0 radical (unpaired) electrons. The summed E-state index contributed by atoms with van der Waals surface area (Å²) in [6, 6.07) is 0. The predicted molar refractivity (Wildman–Crippen MR) is 74.8 cm³/mol. The third-order valence-corrected chi connectivity index (χ3v) is 3.88. The summed E-state index contributed by atoms with van der Waals surface area (Å²) < 4.78 is 5.54. The summed E-state index contributed by atoms with van der Waals surface area (Å²) in [6.45, 7) is 12.1.